The smallest absolute Gasteiger partial charge is 0.407 e. The first-order valence-electron chi connectivity index (χ1n) is 5.95. The van der Waals surface area contributed by atoms with Crippen molar-refractivity contribution in [2.45, 2.75) is 58.0 Å². The molecule has 0 heterocycles. The first kappa shape index (κ1) is 14.3. The third-order valence-corrected chi connectivity index (χ3v) is 3.62. The molecule has 1 rings (SSSR count). The van der Waals surface area contributed by atoms with Crippen molar-refractivity contribution < 1.29 is 14.7 Å². The van der Waals surface area contributed by atoms with Gasteiger partial charge >= 0.3 is 6.09 Å². The highest BCUT2D eigenvalue weighted by molar-refractivity contribution is 6.63. The largest absolute Gasteiger partial charge is 0.465 e. The molecule has 1 N–H and O–H groups in total. The second kappa shape index (κ2) is 5.25. The molecule has 1 saturated carbocycles. The van der Waals surface area contributed by atoms with Crippen molar-refractivity contribution >= 4 is 22.9 Å². The van der Waals surface area contributed by atoms with Crippen molar-refractivity contribution in [2.24, 2.45) is 5.92 Å². The number of carboxylic acid groups (broad SMARTS) is 1. The molecule has 4 nitrogen and oxygen atoms in total. The van der Waals surface area contributed by atoms with Crippen molar-refractivity contribution in [3.8, 4) is 0 Å². The molecule has 1 aliphatic rings. The molecule has 1 amide bonds. The van der Waals surface area contributed by atoms with Crippen LogP contribution in [0.5, 0.6) is 0 Å². The molecular weight excluding hydrogens is 242 g/mol. The fourth-order valence-corrected chi connectivity index (χ4v) is 2.77. The summed E-state index contributed by atoms with van der Waals surface area (Å²) in [6.07, 6.45) is 1.91. The van der Waals surface area contributed by atoms with Crippen LogP contribution in [0.25, 0.3) is 0 Å². The summed E-state index contributed by atoms with van der Waals surface area (Å²) < 4.78 is 0. The van der Waals surface area contributed by atoms with E-state index in [-0.39, 0.29) is 17.2 Å². The lowest BCUT2D eigenvalue weighted by Crippen LogP contribution is -2.52. The van der Waals surface area contributed by atoms with Gasteiger partial charge in [0.15, 0.2) is 0 Å². The summed E-state index contributed by atoms with van der Waals surface area (Å²) in [6.45, 7) is 5.67. The number of carbonyl (C=O) groups is 2. The van der Waals surface area contributed by atoms with Gasteiger partial charge in [0.2, 0.25) is 5.24 Å². The minimum atomic E-state index is -0.891. The van der Waals surface area contributed by atoms with Crippen LogP contribution < -0.4 is 0 Å². The van der Waals surface area contributed by atoms with Crippen LogP contribution in [0.2, 0.25) is 0 Å². The van der Waals surface area contributed by atoms with Crippen molar-refractivity contribution in [1.82, 2.24) is 4.90 Å². The highest BCUT2D eigenvalue weighted by Gasteiger charge is 2.36. The standard InChI is InChI=1S/C12H20ClNO3/c1-12(2,3)14(11(16)17)9-6-4-8(5-7-9)10(13)15/h8-9H,4-7H2,1-3H3,(H,16,17). The molecule has 0 aromatic carbocycles. The van der Waals surface area contributed by atoms with E-state index in [9.17, 15) is 14.7 Å². The van der Waals surface area contributed by atoms with E-state index in [4.69, 9.17) is 11.6 Å². The van der Waals surface area contributed by atoms with Gasteiger partial charge in [-0.05, 0) is 58.1 Å². The molecule has 0 aromatic heterocycles. The molecule has 1 aliphatic carbocycles. The molecule has 0 spiro atoms. The van der Waals surface area contributed by atoms with E-state index >= 15 is 0 Å². The van der Waals surface area contributed by atoms with Crippen molar-refractivity contribution in [3.05, 3.63) is 0 Å². The Kier molecular flexibility index (Phi) is 4.42. The molecule has 1 fully saturated rings. The maximum atomic E-state index is 11.3. The second-order valence-electron chi connectivity index (χ2n) is 5.63. The average molecular weight is 262 g/mol. The van der Waals surface area contributed by atoms with Gasteiger partial charge in [-0.25, -0.2) is 4.79 Å². The van der Waals surface area contributed by atoms with Gasteiger partial charge in [0, 0.05) is 17.5 Å². The summed E-state index contributed by atoms with van der Waals surface area (Å²) in [6, 6.07) is -0.000216. The maximum Gasteiger partial charge on any atom is 0.407 e. The minimum absolute atomic E-state index is 0.000216. The Morgan fingerprint density at radius 3 is 1.94 bits per heavy atom. The van der Waals surface area contributed by atoms with Crippen LogP contribution in [0.15, 0.2) is 0 Å². The zero-order valence-electron chi connectivity index (χ0n) is 10.6. The van der Waals surface area contributed by atoms with Gasteiger partial charge in [-0.15, -0.1) is 0 Å². The second-order valence-corrected chi connectivity index (χ2v) is 6.01. The molecule has 0 saturated heterocycles. The van der Waals surface area contributed by atoms with Crippen LogP contribution in [0.1, 0.15) is 46.5 Å². The number of hydrogen-bond acceptors (Lipinski definition) is 2. The first-order chi connectivity index (χ1) is 7.73. The molecule has 98 valence electrons. The van der Waals surface area contributed by atoms with Gasteiger partial charge in [0.25, 0.3) is 0 Å². The average Bonchev–Trinajstić information content (AvgIpc) is 2.15. The summed E-state index contributed by atoms with van der Waals surface area (Å²) in [5, 5.41) is 8.98. The molecule has 5 heteroatoms. The molecule has 0 unspecified atom stereocenters. The van der Waals surface area contributed by atoms with Crippen LogP contribution >= 0.6 is 11.6 Å². The van der Waals surface area contributed by atoms with E-state index in [0.717, 1.165) is 0 Å². The Labute approximate surface area is 107 Å². The highest BCUT2D eigenvalue weighted by Crippen LogP contribution is 2.32. The van der Waals surface area contributed by atoms with Gasteiger partial charge < -0.3 is 10.0 Å². The summed E-state index contributed by atoms with van der Waals surface area (Å²) in [7, 11) is 0. The minimum Gasteiger partial charge on any atom is -0.465 e. The topological polar surface area (TPSA) is 57.6 Å². The Hall–Kier alpha value is -0.770. The van der Waals surface area contributed by atoms with Crippen LogP contribution in [-0.2, 0) is 4.79 Å². The Bertz CT molecular complexity index is 303. The predicted molar refractivity (Wildman–Crippen MR) is 66.2 cm³/mol. The summed E-state index contributed by atoms with van der Waals surface area (Å²) in [5.74, 6) is -0.0940. The molecular formula is C12H20ClNO3. The van der Waals surface area contributed by atoms with Gasteiger partial charge in [0.1, 0.15) is 0 Å². The van der Waals surface area contributed by atoms with Crippen molar-refractivity contribution in [1.29, 1.82) is 0 Å². The Morgan fingerprint density at radius 2 is 1.65 bits per heavy atom. The summed E-state index contributed by atoms with van der Waals surface area (Å²) in [5.41, 5.74) is -0.408. The van der Waals surface area contributed by atoms with Crippen molar-refractivity contribution in [3.63, 3.8) is 0 Å². The SMILES string of the molecule is CC(C)(C)N(C(=O)O)C1CCC(C(=O)Cl)CC1. The molecule has 0 atom stereocenters. The number of carbonyl (C=O) groups excluding carboxylic acids is 1. The van der Waals surface area contributed by atoms with Crippen LogP contribution in [-0.4, -0.2) is 32.9 Å². The van der Waals surface area contributed by atoms with E-state index in [2.05, 4.69) is 0 Å². The van der Waals surface area contributed by atoms with Crippen LogP contribution in [0.3, 0.4) is 0 Å². The van der Waals surface area contributed by atoms with Crippen LogP contribution in [0.4, 0.5) is 4.79 Å². The zero-order valence-corrected chi connectivity index (χ0v) is 11.3. The Balaban J connectivity index is 2.68. The van der Waals surface area contributed by atoms with E-state index < -0.39 is 11.6 Å². The van der Waals surface area contributed by atoms with Gasteiger partial charge in [-0.2, -0.15) is 0 Å². The van der Waals surface area contributed by atoms with E-state index in [1.165, 1.54) is 4.90 Å². The monoisotopic (exact) mass is 261 g/mol. The lowest BCUT2D eigenvalue weighted by atomic mass is 9.84. The summed E-state index contributed by atoms with van der Waals surface area (Å²) >= 11 is 5.47. The fraction of sp³-hybridized carbons (Fsp3) is 0.833. The normalized spacial score (nSPS) is 25.4. The number of halogens is 1. The first-order valence-corrected chi connectivity index (χ1v) is 6.33. The van der Waals surface area contributed by atoms with Gasteiger partial charge in [0.05, 0.1) is 0 Å². The van der Waals surface area contributed by atoms with Gasteiger partial charge in [-0.3, -0.25) is 4.79 Å². The number of rotatable bonds is 2. The van der Waals surface area contributed by atoms with E-state index in [1.54, 1.807) is 0 Å². The van der Waals surface area contributed by atoms with E-state index in [1.807, 2.05) is 20.8 Å². The molecule has 0 aromatic rings. The highest BCUT2D eigenvalue weighted by atomic mass is 35.5. The van der Waals surface area contributed by atoms with E-state index in [0.29, 0.717) is 25.7 Å². The zero-order chi connectivity index (χ0) is 13.2. The third kappa shape index (κ3) is 3.60. The third-order valence-electron chi connectivity index (χ3n) is 3.31. The maximum absolute atomic E-state index is 11.3. The molecule has 0 bridgehead atoms. The van der Waals surface area contributed by atoms with Crippen molar-refractivity contribution in [2.75, 3.05) is 0 Å². The number of hydrogen-bond donors (Lipinski definition) is 1. The molecule has 17 heavy (non-hydrogen) atoms. The molecule has 0 radical (unpaired) electrons. The lowest BCUT2D eigenvalue weighted by molar-refractivity contribution is -0.116. The summed E-state index contributed by atoms with van der Waals surface area (Å²) in [4.78, 5) is 23.8. The lowest BCUT2D eigenvalue weighted by Gasteiger charge is -2.42. The molecule has 0 aliphatic heterocycles. The van der Waals surface area contributed by atoms with Gasteiger partial charge in [-0.1, -0.05) is 0 Å². The number of amides is 1. The Morgan fingerprint density at radius 1 is 1.18 bits per heavy atom. The fourth-order valence-electron chi connectivity index (χ4n) is 2.55. The van der Waals surface area contributed by atoms with Crippen LogP contribution in [0, 0.1) is 5.92 Å². The number of nitrogens with zero attached hydrogens (tertiary/aromatic N) is 1. The predicted octanol–water partition coefficient (Wildman–Crippen LogP) is 3.09. The quantitative estimate of drug-likeness (QED) is 0.777.